The second kappa shape index (κ2) is 8.45. The Morgan fingerprint density at radius 2 is 1.88 bits per heavy atom. The number of para-hydroxylation sites is 1. The molecule has 0 amide bonds. The molecule has 0 aliphatic heterocycles. The maximum atomic E-state index is 12.6. The molecule has 0 heterocycles. The van der Waals surface area contributed by atoms with Crippen LogP contribution in [0.15, 0.2) is 41.4 Å². The van der Waals surface area contributed by atoms with Crippen molar-refractivity contribution in [3.63, 3.8) is 0 Å². The van der Waals surface area contributed by atoms with Crippen molar-refractivity contribution in [3.05, 3.63) is 58.1 Å². The van der Waals surface area contributed by atoms with Gasteiger partial charge in [-0.25, -0.2) is 4.99 Å². The van der Waals surface area contributed by atoms with Gasteiger partial charge in [-0.15, -0.1) is 13.2 Å². The number of benzene rings is 2. The lowest BCUT2D eigenvalue weighted by Gasteiger charge is -2.15. The highest BCUT2D eigenvalue weighted by Crippen LogP contribution is 2.32. The van der Waals surface area contributed by atoms with E-state index in [0.29, 0.717) is 16.3 Å². The minimum atomic E-state index is -4.74. The molecule has 0 aromatic heterocycles. The third-order valence-corrected chi connectivity index (χ3v) is 4.14. The van der Waals surface area contributed by atoms with E-state index in [1.54, 1.807) is 30.6 Å². The van der Waals surface area contributed by atoms with Crippen LogP contribution in [0.1, 0.15) is 23.6 Å². The van der Waals surface area contributed by atoms with Crippen LogP contribution in [0.4, 0.5) is 18.9 Å². The second-order valence-electron chi connectivity index (χ2n) is 5.86. The normalized spacial score (nSPS) is 11.8. The Kier molecular flexibility index (Phi) is 6.53. The minimum absolute atomic E-state index is 0.213. The van der Waals surface area contributed by atoms with Crippen molar-refractivity contribution in [2.75, 3.05) is 13.6 Å². The predicted octanol–water partition coefficient (Wildman–Crippen LogP) is 5.75. The van der Waals surface area contributed by atoms with E-state index >= 15 is 0 Å². The molecule has 0 saturated heterocycles. The van der Waals surface area contributed by atoms with Crippen molar-refractivity contribution in [2.24, 2.45) is 4.99 Å². The molecule has 2 aromatic rings. The minimum Gasteiger partial charge on any atom is -0.405 e. The first-order chi connectivity index (χ1) is 12.2. The van der Waals surface area contributed by atoms with E-state index in [2.05, 4.69) is 9.73 Å². The molecule has 0 saturated carbocycles. The molecular weight excluding hydrogens is 365 g/mol. The van der Waals surface area contributed by atoms with E-state index in [1.165, 1.54) is 12.1 Å². The molecular formula is C19H20ClF3N2O. The van der Waals surface area contributed by atoms with Crippen molar-refractivity contribution < 1.29 is 17.9 Å². The Morgan fingerprint density at radius 3 is 2.54 bits per heavy atom. The topological polar surface area (TPSA) is 24.8 Å². The summed E-state index contributed by atoms with van der Waals surface area (Å²) in [7, 11) is 1.90. The van der Waals surface area contributed by atoms with Crippen LogP contribution in [0.5, 0.6) is 5.75 Å². The first-order valence-corrected chi connectivity index (χ1v) is 8.44. The number of aliphatic imine (C=N–C) groups is 1. The Bertz CT molecular complexity index is 791. The zero-order valence-electron chi connectivity index (χ0n) is 14.8. The number of hydrogen-bond donors (Lipinski definition) is 0. The van der Waals surface area contributed by atoms with Gasteiger partial charge in [-0.1, -0.05) is 29.8 Å². The van der Waals surface area contributed by atoms with Crippen LogP contribution in [0.25, 0.3) is 0 Å². The van der Waals surface area contributed by atoms with E-state index in [0.717, 1.165) is 17.7 Å². The van der Waals surface area contributed by atoms with E-state index in [-0.39, 0.29) is 12.2 Å². The largest absolute Gasteiger partial charge is 0.573 e. The van der Waals surface area contributed by atoms with Gasteiger partial charge in [0.25, 0.3) is 0 Å². The highest BCUT2D eigenvalue weighted by atomic mass is 35.5. The summed E-state index contributed by atoms with van der Waals surface area (Å²) in [4.78, 5) is 6.34. The summed E-state index contributed by atoms with van der Waals surface area (Å²) in [5.74, 6) is -0.213. The van der Waals surface area contributed by atoms with Crippen LogP contribution in [0, 0.1) is 6.92 Å². The number of alkyl halides is 3. The van der Waals surface area contributed by atoms with Gasteiger partial charge < -0.3 is 9.64 Å². The summed E-state index contributed by atoms with van der Waals surface area (Å²) in [5, 5.41) is 0.478. The van der Waals surface area contributed by atoms with Crippen molar-refractivity contribution in [1.82, 2.24) is 4.90 Å². The maximum Gasteiger partial charge on any atom is 0.573 e. The molecule has 0 fully saturated rings. The van der Waals surface area contributed by atoms with Crippen LogP contribution in [0.3, 0.4) is 0 Å². The fourth-order valence-electron chi connectivity index (χ4n) is 2.36. The predicted molar refractivity (Wildman–Crippen MR) is 98.6 cm³/mol. The summed E-state index contributed by atoms with van der Waals surface area (Å²) in [5.41, 5.74) is 2.76. The lowest BCUT2D eigenvalue weighted by Crippen LogP contribution is -2.18. The molecule has 7 heteroatoms. The monoisotopic (exact) mass is 384 g/mol. The third-order valence-electron chi connectivity index (χ3n) is 3.92. The Labute approximate surface area is 156 Å². The van der Waals surface area contributed by atoms with Gasteiger partial charge in [0.2, 0.25) is 0 Å². The van der Waals surface area contributed by atoms with Gasteiger partial charge >= 0.3 is 6.36 Å². The van der Waals surface area contributed by atoms with Crippen LogP contribution in [-0.2, 0) is 6.42 Å². The molecule has 2 aromatic carbocycles. The summed E-state index contributed by atoms with van der Waals surface area (Å²) < 4.78 is 42.0. The lowest BCUT2D eigenvalue weighted by molar-refractivity contribution is -0.274. The van der Waals surface area contributed by atoms with Gasteiger partial charge in [0.15, 0.2) is 0 Å². The molecule has 26 heavy (non-hydrogen) atoms. The maximum absolute atomic E-state index is 12.6. The molecule has 0 unspecified atom stereocenters. The van der Waals surface area contributed by atoms with E-state index in [4.69, 9.17) is 11.6 Å². The average molecular weight is 385 g/mol. The van der Waals surface area contributed by atoms with Gasteiger partial charge in [-0.2, -0.15) is 0 Å². The van der Waals surface area contributed by atoms with Crippen molar-refractivity contribution in [3.8, 4) is 5.75 Å². The average Bonchev–Trinajstić information content (AvgIpc) is 2.56. The molecule has 0 bridgehead atoms. The van der Waals surface area contributed by atoms with Crippen LogP contribution >= 0.6 is 11.6 Å². The smallest absolute Gasteiger partial charge is 0.405 e. The summed E-state index contributed by atoms with van der Waals surface area (Å²) >= 11 is 6.18. The highest BCUT2D eigenvalue weighted by Gasteiger charge is 2.32. The Hall–Kier alpha value is -2.21. The molecule has 2 rings (SSSR count). The van der Waals surface area contributed by atoms with E-state index < -0.39 is 6.36 Å². The van der Waals surface area contributed by atoms with Gasteiger partial charge in [0.1, 0.15) is 5.75 Å². The molecule has 3 nitrogen and oxygen atoms in total. The standard InChI is InChI=1S/C19H20ClF3N2O/c1-4-25(3)12-24-17-11-16(20)10-15(13(17)2)9-14-7-5-6-8-18(14)26-19(21,22)23/h5-8,10-12H,4,9H2,1-3H3/b24-12-. The summed E-state index contributed by atoms with van der Waals surface area (Å²) in [6.45, 7) is 4.68. The van der Waals surface area contributed by atoms with E-state index in [9.17, 15) is 13.2 Å². The molecule has 0 atom stereocenters. The van der Waals surface area contributed by atoms with Crippen LogP contribution in [0.2, 0.25) is 5.02 Å². The number of rotatable bonds is 6. The van der Waals surface area contributed by atoms with Crippen molar-refractivity contribution >= 4 is 23.6 Å². The zero-order chi connectivity index (χ0) is 19.3. The number of nitrogens with zero attached hydrogens (tertiary/aromatic N) is 2. The second-order valence-corrected chi connectivity index (χ2v) is 6.30. The number of halogens is 4. The molecule has 0 aliphatic rings. The number of hydrogen-bond acceptors (Lipinski definition) is 2. The van der Waals surface area contributed by atoms with Gasteiger partial charge in [0, 0.05) is 25.0 Å². The molecule has 140 valence electrons. The van der Waals surface area contributed by atoms with Gasteiger partial charge in [0.05, 0.1) is 12.0 Å². The fourth-order valence-corrected chi connectivity index (χ4v) is 2.59. The zero-order valence-corrected chi connectivity index (χ0v) is 15.5. The Morgan fingerprint density at radius 1 is 1.19 bits per heavy atom. The first kappa shape index (κ1) is 20.1. The first-order valence-electron chi connectivity index (χ1n) is 8.06. The molecule has 0 N–H and O–H groups in total. The van der Waals surface area contributed by atoms with Crippen molar-refractivity contribution in [2.45, 2.75) is 26.6 Å². The molecule has 0 aliphatic carbocycles. The fraction of sp³-hybridized carbons (Fsp3) is 0.316. The summed E-state index contributed by atoms with van der Waals surface area (Å²) in [6.07, 6.45) is -2.78. The highest BCUT2D eigenvalue weighted by molar-refractivity contribution is 6.31. The third kappa shape index (κ3) is 5.66. The molecule has 0 spiro atoms. The van der Waals surface area contributed by atoms with Gasteiger partial charge in [-0.3, -0.25) is 0 Å². The summed E-state index contributed by atoms with van der Waals surface area (Å²) in [6, 6.07) is 9.56. The van der Waals surface area contributed by atoms with Crippen LogP contribution < -0.4 is 4.74 Å². The Balaban J connectivity index is 2.36. The molecule has 0 radical (unpaired) electrons. The SMILES string of the molecule is CCN(C)/C=N\c1cc(Cl)cc(Cc2ccccc2OC(F)(F)F)c1C. The van der Waals surface area contributed by atoms with Crippen LogP contribution in [-0.4, -0.2) is 31.2 Å². The van der Waals surface area contributed by atoms with Gasteiger partial charge in [-0.05, 0) is 48.7 Å². The lowest BCUT2D eigenvalue weighted by atomic mass is 9.98. The van der Waals surface area contributed by atoms with E-state index in [1.807, 2.05) is 25.8 Å². The van der Waals surface area contributed by atoms with Crippen molar-refractivity contribution in [1.29, 1.82) is 0 Å². The number of ether oxygens (including phenoxy) is 1. The quantitative estimate of drug-likeness (QED) is 0.468.